The Labute approximate surface area is 94.0 Å². The zero-order valence-electron chi connectivity index (χ0n) is 7.64. The summed E-state index contributed by atoms with van der Waals surface area (Å²) in [6.45, 7) is 0.215. The highest BCUT2D eigenvalue weighted by Crippen LogP contribution is 2.28. The van der Waals surface area contributed by atoms with Gasteiger partial charge in [0.15, 0.2) is 0 Å². The monoisotopic (exact) mass is 269 g/mol. The van der Waals surface area contributed by atoms with E-state index in [1.165, 1.54) is 0 Å². The summed E-state index contributed by atoms with van der Waals surface area (Å²) in [6.07, 6.45) is 0. The number of nitrogens with two attached hydrogens (primary N) is 1. The van der Waals surface area contributed by atoms with Crippen molar-refractivity contribution in [3.8, 4) is 17.1 Å². The summed E-state index contributed by atoms with van der Waals surface area (Å²) in [7, 11) is 0. The average Bonchev–Trinajstić information content (AvgIpc) is 2.70. The van der Waals surface area contributed by atoms with Crippen molar-refractivity contribution >= 4 is 15.9 Å². The zero-order chi connectivity index (χ0) is 10.8. The first-order chi connectivity index (χ1) is 7.20. The van der Waals surface area contributed by atoms with Crippen LogP contribution < -0.4 is 5.73 Å². The fraction of sp³-hybridized carbons (Fsp3) is 0.111. The number of phenolic OH excluding ortho intramolecular Hbond substituents is 1. The third kappa shape index (κ3) is 2.00. The van der Waals surface area contributed by atoms with E-state index in [0.717, 1.165) is 5.56 Å². The van der Waals surface area contributed by atoms with Gasteiger partial charge in [0.1, 0.15) is 5.75 Å². The van der Waals surface area contributed by atoms with Crippen LogP contribution in [-0.4, -0.2) is 15.2 Å². The van der Waals surface area contributed by atoms with Crippen LogP contribution in [0.3, 0.4) is 0 Å². The van der Waals surface area contributed by atoms with Crippen LogP contribution in [0.15, 0.2) is 27.2 Å². The summed E-state index contributed by atoms with van der Waals surface area (Å²) in [5, 5.41) is 13.1. The molecule has 0 radical (unpaired) electrons. The van der Waals surface area contributed by atoms with Gasteiger partial charge in [-0.25, -0.2) is 0 Å². The maximum Gasteiger partial charge on any atom is 0.240 e. The van der Waals surface area contributed by atoms with Crippen molar-refractivity contribution in [2.45, 2.75) is 6.54 Å². The minimum absolute atomic E-state index is 0.168. The van der Waals surface area contributed by atoms with E-state index in [-0.39, 0.29) is 12.3 Å². The highest BCUT2D eigenvalue weighted by atomic mass is 79.9. The molecule has 78 valence electrons. The van der Waals surface area contributed by atoms with Gasteiger partial charge in [-0.2, -0.15) is 4.98 Å². The number of aromatic nitrogens is 2. The van der Waals surface area contributed by atoms with Gasteiger partial charge < -0.3 is 15.4 Å². The van der Waals surface area contributed by atoms with Gasteiger partial charge in [-0.05, 0) is 34.1 Å². The maximum atomic E-state index is 9.31. The number of halogens is 1. The number of rotatable bonds is 2. The van der Waals surface area contributed by atoms with Crippen LogP contribution in [0, 0.1) is 0 Å². The van der Waals surface area contributed by atoms with E-state index in [1.54, 1.807) is 18.2 Å². The molecule has 1 aromatic heterocycles. The topological polar surface area (TPSA) is 85.2 Å². The van der Waals surface area contributed by atoms with Crippen LogP contribution in [0.4, 0.5) is 0 Å². The molecule has 2 aromatic rings. The van der Waals surface area contributed by atoms with Crippen molar-refractivity contribution in [3.63, 3.8) is 0 Å². The Morgan fingerprint density at radius 2 is 2.27 bits per heavy atom. The lowest BCUT2D eigenvalue weighted by Gasteiger charge is -1.98. The van der Waals surface area contributed by atoms with E-state index in [1.807, 2.05) is 0 Å². The molecule has 15 heavy (non-hydrogen) atoms. The first kappa shape index (κ1) is 10.1. The number of hydrogen-bond donors (Lipinski definition) is 2. The van der Waals surface area contributed by atoms with Crippen LogP contribution in [0.1, 0.15) is 5.89 Å². The minimum Gasteiger partial charge on any atom is -0.507 e. The highest BCUT2D eigenvalue weighted by molar-refractivity contribution is 9.10. The van der Waals surface area contributed by atoms with E-state index in [4.69, 9.17) is 10.3 Å². The molecule has 6 heteroatoms. The SMILES string of the molecule is NCc1nc(-c2ccc(O)c(Br)c2)no1. The quantitative estimate of drug-likeness (QED) is 0.866. The molecule has 0 bridgehead atoms. The Bertz CT molecular complexity index is 484. The molecule has 0 saturated heterocycles. The molecule has 0 atom stereocenters. The fourth-order valence-corrected chi connectivity index (χ4v) is 1.48. The third-order valence-electron chi connectivity index (χ3n) is 1.85. The van der Waals surface area contributed by atoms with Crippen molar-refractivity contribution in [1.29, 1.82) is 0 Å². The molecule has 5 nitrogen and oxygen atoms in total. The van der Waals surface area contributed by atoms with Crippen LogP contribution >= 0.6 is 15.9 Å². The molecule has 0 aliphatic heterocycles. The van der Waals surface area contributed by atoms with Gasteiger partial charge in [-0.15, -0.1) is 0 Å². The molecule has 0 aliphatic rings. The Hall–Kier alpha value is -1.40. The van der Waals surface area contributed by atoms with E-state index in [9.17, 15) is 5.11 Å². The smallest absolute Gasteiger partial charge is 0.240 e. The van der Waals surface area contributed by atoms with Crippen molar-refractivity contribution in [2.75, 3.05) is 0 Å². The standard InChI is InChI=1S/C9H8BrN3O2/c10-6-3-5(1-2-7(6)14)9-12-8(4-11)15-13-9/h1-3,14H,4,11H2. The van der Waals surface area contributed by atoms with Gasteiger partial charge >= 0.3 is 0 Å². The number of benzene rings is 1. The van der Waals surface area contributed by atoms with Gasteiger partial charge in [-0.1, -0.05) is 5.16 Å². The predicted molar refractivity (Wildman–Crippen MR) is 57.0 cm³/mol. The van der Waals surface area contributed by atoms with Crippen LogP contribution in [0.25, 0.3) is 11.4 Å². The van der Waals surface area contributed by atoms with Crippen LogP contribution in [0.2, 0.25) is 0 Å². The second kappa shape index (κ2) is 4.00. The van der Waals surface area contributed by atoms with Crippen molar-refractivity contribution in [2.24, 2.45) is 5.73 Å². The fourth-order valence-electron chi connectivity index (χ4n) is 1.10. The van der Waals surface area contributed by atoms with E-state index in [2.05, 4.69) is 26.1 Å². The van der Waals surface area contributed by atoms with E-state index < -0.39 is 0 Å². The first-order valence-corrected chi connectivity index (χ1v) is 5.01. The molecule has 3 N–H and O–H groups in total. The summed E-state index contributed by atoms with van der Waals surface area (Å²) >= 11 is 3.21. The van der Waals surface area contributed by atoms with Gasteiger partial charge in [0.2, 0.25) is 11.7 Å². The third-order valence-corrected chi connectivity index (χ3v) is 2.48. The van der Waals surface area contributed by atoms with Crippen molar-refractivity contribution in [1.82, 2.24) is 10.1 Å². The van der Waals surface area contributed by atoms with Crippen molar-refractivity contribution in [3.05, 3.63) is 28.6 Å². The lowest BCUT2D eigenvalue weighted by atomic mass is 10.2. The van der Waals surface area contributed by atoms with Gasteiger partial charge in [0.25, 0.3) is 0 Å². The van der Waals surface area contributed by atoms with E-state index >= 15 is 0 Å². The number of phenols is 1. The molecule has 1 aromatic carbocycles. The molecule has 0 fully saturated rings. The van der Waals surface area contributed by atoms with Gasteiger partial charge in [0.05, 0.1) is 11.0 Å². The second-order valence-corrected chi connectivity index (χ2v) is 3.74. The summed E-state index contributed by atoms with van der Waals surface area (Å²) in [6, 6.07) is 4.96. The lowest BCUT2D eigenvalue weighted by molar-refractivity contribution is 0.380. The molecule has 0 amide bonds. The largest absolute Gasteiger partial charge is 0.507 e. The maximum absolute atomic E-state index is 9.31. The molecule has 0 saturated carbocycles. The predicted octanol–water partition coefficient (Wildman–Crippen LogP) is 1.66. The van der Waals surface area contributed by atoms with Crippen LogP contribution in [-0.2, 0) is 6.54 Å². The second-order valence-electron chi connectivity index (χ2n) is 2.88. The Kier molecular flexibility index (Phi) is 2.70. The summed E-state index contributed by atoms with van der Waals surface area (Å²) in [5.74, 6) is 1.01. The average molecular weight is 270 g/mol. The van der Waals surface area contributed by atoms with Gasteiger partial charge in [0, 0.05) is 5.56 Å². The van der Waals surface area contributed by atoms with Crippen LogP contribution in [0.5, 0.6) is 5.75 Å². The molecule has 0 aliphatic carbocycles. The molecular formula is C9H8BrN3O2. The first-order valence-electron chi connectivity index (χ1n) is 4.22. The zero-order valence-corrected chi connectivity index (χ0v) is 9.23. The Balaban J connectivity index is 2.40. The Morgan fingerprint density at radius 1 is 1.47 bits per heavy atom. The highest BCUT2D eigenvalue weighted by Gasteiger charge is 2.08. The molecule has 2 rings (SSSR count). The van der Waals surface area contributed by atoms with E-state index in [0.29, 0.717) is 16.2 Å². The molecule has 1 heterocycles. The number of aromatic hydroxyl groups is 1. The van der Waals surface area contributed by atoms with Gasteiger partial charge in [-0.3, -0.25) is 0 Å². The normalized spacial score (nSPS) is 10.5. The lowest BCUT2D eigenvalue weighted by Crippen LogP contribution is -1.95. The molecule has 0 spiro atoms. The Morgan fingerprint density at radius 3 is 2.87 bits per heavy atom. The summed E-state index contributed by atoms with van der Waals surface area (Å²) in [5.41, 5.74) is 6.10. The summed E-state index contributed by atoms with van der Waals surface area (Å²) in [4.78, 5) is 4.06. The summed E-state index contributed by atoms with van der Waals surface area (Å²) < 4.78 is 5.46. The minimum atomic E-state index is 0.168. The van der Waals surface area contributed by atoms with Crippen molar-refractivity contribution < 1.29 is 9.63 Å². The molecule has 0 unspecified atom stereocenters. The molecular weight excluding hydrogens is 262 g/mol. The number of hydrogen-bond acceptors (Lipinski definition) is 5. The number of nitrogens with zero attached hydrogens (tertiary/aromatic N) is 2.